The number of nitrogens with one attached hydrogen (secondary N) is 1. The second-order valence-electron chi connectivity index (χ2n) is 4.49. The van der Waals surface area contributed by atoms with Gasteiger partial charge in [-0.05, 0) is 24.2 Å². The topological polar surface area (TPSA) is 76.2 Å². The lowest BCUT2D eigenvalue weighted by Gasteiger charge is -1.98. The number of hydrogen-bond donors (Lipinski definition) is 2. The Balaban J connectivity index is 2.12. The fourth-order valence-corrected chi connectivity index (χ4v) is 2.22. The number of aromatic amines is 1. The molecule has 3 rings (SSSR count). The Kier molecular flexibility index (Phi) is 3.30. The molecule has 5 nitrogen and oxygen atoms in total. The van der Waals surface area contributed by atoms with E-state index in [1.54, 1.807) is 12.1 Å². The number of hydrogen-bond acceptors (Lipinski definition) is 3. The number of nitrogens with zero attached hydrogens (tertiary/aromatic N) is 2. The van der Waals surface area contributed by atoms with Crippen LogP contribution < -0.4 is 11.3 Å². The smallest absolute Gasteiger partial charge is 0.272 e. The van der Waals surface area contributed by atoms with Gasteiger partial charge in [-0.2, -0.15) is 0 Å². The minimum atomic E-state index is -0.140. The second-order valence-corrected chi connectivity index (χ2v) is 4.93. The number of nitrogens with two attached hydrogens (primary N) is 1. The van der Waals surface area contributed by atoms with E-state index >= 15 is 0 Å². The van der Waals surface area contributed by atoms with Crippen LogP contribution in [0.1, 0.15) is 5.69 Å². The molecule has 6 heteroatoms. The summed E-state index contributed by atoms with van der Waals surface area (Å²) < 4.78 is 1.42. The summed E-state index contributed by atoms with van der Waals surface area (Å²) in [6.45, 7) is 0.469. The fraction of sp³-hybridized carbons (Fsp3) is 0.143. The van der Waals surface area contributed by atoms with Crippen LogP contribution in [0, 0.1) is 0 Å². The highest BCUT2D eigenvalue weighted by atomic mass is 35.5. The third-order valence-corrected chi connectivity index (χ3v) is 3.31. The Labute approximate surface area is 120 Å². The molecular formula is C14H13ClN4O. The summed E-state index contributed by atoms with van der Waals surface area (Å²) in [5.41, 5.74) is 8.41. The maximum Gasteiger partial charge on any atom is 0.272 e. The average molecular weight is 289 g/mol. The highest BCUT2D eigenvalue weighted by molar-refractivity contribution is 6.30. The second kappa shape index (κ2) is 5.11. The van der Waals surface area contributed by atoms with Crippen LogP contribution in [0.25, 0.3) is 16.9 Å². The molecule has 0 spiro atoms. The molecule has 0 unspecified atom stereocenters. The minimum Gasteiger partial charge on any atom is -0.330 e. The van der Waals surface area contributed by atoms with Gasteiger partial charge in [-0.3, -0.25) is 9.89 Å². The summed E-state index contributed by atoms with van der Waals surface area (Å²) in [7, 11) is 0. The first-order chi connectivity index (χ1) is 9.67. The van der Waals surface area contributed by atoms with Gasteiger partial charge in [0.1, 0.15) is 0 Å². The summed E-state index contributed by atoms with van der Waals surface area (Å²) in [6.07, 6.45) is 0.590. The van der Waals surface area contributed by atoms with Gasteiger partial charge in [0.15, 0.2) is 5.65 Å². The summed E-state index contributed by atoms with van der Waals surface area (Å²) in [4.78, 5) is 16.4. The minimum absolute atomic E-state index is 0.140. The van der Waals surface area contributed by atoms with Gasteiger partial charge in [-0.1, -0.05) is 23.7 Å². The van der Waals surface area contributed by atoms with Gasteiger partial charge in [0.25, 0.3) is 5.56 Å². The van der Waals surface area contributed by atoms with E-state index in [0.717, 1.165) is 11.3 Å². The van der Waals surface area contributed by atoms with E-state index in [0.29, 0.717) is 29.3 Å². The van der Waals surface area contributed by atoms with Crippen LogP contribution in [0.2, 0.25) is 5.02 Å². The standard InChI is InChI=1S/C14H13ClN4O/c15-10-3-1-9(2-4-10)12-8-13-17-11(5-6-16)7-14(20)19(13)18-12/h1-4,7-8,18H,5-6,16H2. The molecular weight excluding hydrogens is 276 g/mol. The van der Waals surface area contributed by atoms with Gasteiger partial charge < -0.3 is 5.73 Å². The van der Waals surface area contributed by atoms with E-state index < -0.39 is 0 Å². The van der Waals surface area contributed by atoms with Crippen LogP contribution >= 0.6 is 11.6 Å². The molecule has 0 saturated heterocycles. The average Bonchev–Trinajstić information content (AvgIpc) is 2.84. The van der Waals surface area contributed by atoms with Crippen LogP contribution in [-0.4, -0.2) is 21.1 Å². The molecule has 3 aromatic rings. The molecule has 3 N–H and O–H groups in total. The Bertz CT molecular complexity index is 804. The molecule has 0 bridgehead atoms. The zero-order chi connectivity index (χ0) is 14.1. The Morgan fingerprint density at radius 1 is 1.25 bits per heavy atom. The highest BCUT2D eigenvalue weighted by Gasteiger charge is 2.07. The number of halogens is 1. The fourth-order valence-electron chi connectivity index (χ4n) is 2.09. The number of benzene rings is 1. The molecule has 0 radical (unpaired) electrons. The zero-order valence-electron chi connectivity index (χ0n) is 10.6. The Hall–Kier alpha value is -2.11. The largest absolute Gasteiger partial charge is 0.330 e. The molecule has 2 heterocycles. The van der Waals surface area contributed by atoms with Gasteiger partial charge >= 0.3 is 0 Å². The molecule has 102 valence electrons. The summed E-state index contributed by atoms with van der Waals surface area (Å²) in [5.74, 6) is 0. The molecule has 0 aliphatic carbocycles. The number of H-pyrrole nitrogens is 1. The first-order valence-corrected chi connectivity index (χ1v) is 6.63. The normalized spacial score (nSPS) is 11.1. The van der Waals surface area contributed by atoms with E-state index in [4.69, 9.17) is 17.3 Å². The SMILES string of the molecule is NCCc1cc(=O)n2[nH]c(-c3ccc(Cl)cc3)cc2n1. The molecule has 0 aliphatic rings. The van der Waals surface area contributed by atoms with Crippen LogP contribution in [-0.2, 0) is 6.42 Å². The van der Waals surface area contributed by atoms with Crippen molar-refractivity contribution >= 4 is 17.2 Å². The predicted octanol–water partition coefficient (Wildman–Crippen LogP) is 1.84. The lowest BCUT2D eigenvalue weighted by atomic mass is 10.1. The zero-order valence-corrected chi connectivity index (χ0v) is 11.4. The molecule has 0 amide bonds. The van der Waals surface area contributed by atoms with Crippen molar-refractivity contribution in [2.45, 2.75) is 6.42 Å². The van der Waals surface area contributed by atoms with Crippen LogP contribution in [0.5, 0.6) is 0 Å². The van der Waals surface area contributed by atoms with Crippen molar-refractivity contribution < 1.29 is 0 Å². The monoisotopic (exact) mass is 288 g/mol. The van der Waals surface area contributed by atoms with Gasteiger partial charge in [-0.15, -0.1) is 0 Å². The van der Waals surface area contributed by atoms with Crippen molar-refractivity contribution in [3.05, 3.63) is 57.5 Å². The van der Waals surface area contributed by atoms with E-state index in [-0.39, 0.29) is 5.56 Å². The molecule has 20 heavy (non-hydrogen) atoms. The van der Waals surface area contributed by atoms with Crippen LogP contribution in [0.3, 0.4) is 0 Å². The molecule has 1 aromatic carbocycles. The highest BCUT2D eigenvalue weighted by Crippen LogP contribution is 2.20. The van der Waals surface area contributed by atoms with Crippen LogP contribution in [0.15, 0.2) is 41.2 Å². The number of rotatable bonds is 3. The van der Waals surface area contributed by atoms with E-state index in [1.165, 1.54) is 10.6 Å². The molecule has 0 atom stereocenters. The third-order valence-electron chi connectivity index (χ3n) is 3.06. The van der Waals surface area contributed by atoms with Crippen molar-refractivity contribution in [2.75, 3.05) is 6.54 Å². The van der Waals surface area contributed by atoms with Crippen molar-refractivity contribution in [3.8, 4) is 11.3 Å². The van der Waals surface area contributed by atoms with Gasteiger partial charge in [0, 0.05) is 29.3 Å². The van der Waals surface area contributed by atoms with Crippen molar-refractivity contribution in [2.24, 2.45) is 5.73 Å². The summed E-state index contributed by atoms with van der Waals surface area (Å²) in [6, 6.07) is 10.7. The van der Waals surface area contributed by atoms with Crippen molar-refractivity contribution in [3.63, 3.8) is 0 Å². The molecule has 0 saturated carbocycles. The molecule has 2 aromatic heterocycles. The van der Waals surface area contributed by atoms with E-state index in [9.17, 15) is 4.79 Å². The predicted molar refractivity (Wildman–Crippen MR) is 79.0 cm³/mol. The summed E-state index contributed by atoms with van der Waals surface area (Å²) in [5, 5.41) is 3.71. The van der Waals surface area contributed by atoms with Crippen molar-refractivity contribution in [1.82, 2.24) is 14.6 Å². The van der Waals surface area contributed by atoms with E-state index in [1.807, 2.05) is 18.2 Å². The first-order valence-electron chi connectivity index (χ1n) is 6.25. The number of aromatic nitrogens is 3. The van der Waals surface area contributed by atoms with Gasteiger partial charge in [0.05, 0.1) is 5.69 Å². The quantitative estimate of drug-likeness (QED) is 0.772. The van der Waals surface area contributed by atoms with E-state index in [2.05, 4.69) is 10.1 Å². The molecule has 0 aliphatic heterocycles. The molecule has 0 fully saturated rings. The Morgan fingerprint density at radius 3 is 2.70 bits per heavy atom. The Morgan fingerprint density at radius 2 is 2.00 bits per heavy atom. The number of fused-ring (bicyclic) bond motifs is 1. The summed E-state index contributed by atoms with van der Waals surface area (Å²) >= 11 is 5.87. The van der Waals surface area contributed by atoms with Crippen molar-refractivity contribution in [1.29, 1.82) is 0 Å². The third kappa shape index (κ3) is 2.33. The maximum absolute atomic E-state index is 12.0. The first kappa shape index (κ1) is 12.9. The lowest BCUT2D eigenvalue weighted by molar-refractivity contribution is 0.858. The van der Waals surface area contributed by atoms with Gasteiger partial charge in [-0.25, -0.2) is 9.50 Å². The van der Waals surface area contributed by atoms with Crippen LogP contribution in [0.4, 0.5) is 0 Å². The lowest BCUT2D eigenvalue weighted by Crippen LogP contribution is -2.17. The maximum atomic E-state index is 12.0. The van der Waals surface area contributed by atoms with Gasteiger partial charge in [0.2, 0.25) is 0 Å².